The topological polar surface area (TPSA) is 154 Å². The number of ether oxygens (including phenoxy) is 1. The Balaban J connectivity index is 1.15. The number of amides is 4. The fraction of sp³-hybridized carbons (Fsp3) is 0.579. The smallest absolute Gasteiger partial charge is 0.416 e. The van der Waals surface area contributed by atoms with Crippen molar-refractivity contribution in [1.29, 1.82) is 0 Å². The summed E-state index contributed by atoms with van der Waals surface area (Å²) in [5.41, 5.74) is -1.65. The molecule has 0 spiro atoms. The van der Waals surface area contributed by atoms with E-state index in [2.05, 4.69) is 15.4 Å². The van der Waals surface area contributed by atoms with Crippen LogP contribution in [0.5, 0.6) is 0 Å². The Kier molecular flexibility index (Phi) is 9.66. The van der Waals surface area contributed by atoms with E-state index in [-0.39, 0.29) is 50.0 Å². The number of carbonyl (C=O) groups excluding carboxylic acids is 4. The lowest BCUT2D eigenvalue weighted by atomic mass is 9.85. The van der Waals surface area contributed by atoms with Crippen LogP contribution in [0.3, 0.4) is 0 Å². The van der Waals surface area contributed by atoms with E-state index in [1.54, 1.807) is 39.8 Å². The van der Waals surface area contributed by atoms with Crippen molar-refractivity contribution in [2.75, 3.05) is 11.9 Å². The first-order chi connectivity index (χ1) is 25.6. The SMILES string of the molecule is CC(C)(C)[C@H](Nc1cccc(C(F)(F)F)c1)C(=O)N1C[C@H](OC(=O)N2Cc3cccc(Cl)c3C2)C[C@H]1C(=O)N[C@]1(C(=O)NS(=O)(=O)C2(C)CC2)CC1C1CC1. The highest BCUT2D eigenvalue weighted by Crippen LogP contribution is 2.57. The van der Waals surface area contributed by atoms with Gasteiger partial charge in [-0.3, -0.25) is 24.0 Å². The standard InChI is InChI=1S/C38H45ClF3N5O7S/c1-35(2,3)30(43-24-9-6-8-23(15-24)38(40,41)42)32(49)47-19-25(54-34(51)46-18-22-7-5-10-28(39)26(22)20-46)16-29(47)31(48)44-37(17-27(37)21-11-12-21)33(50)45-55(52,53)36(4)13-14-36/h5-10,15,21,25,27,29-30,43H,11-14,16-20H2,1-4H3,(H,44,48)(H,45,50)/t25-,27?,29+,30-,37-/m1/s1. The maximum Gasteiger partial charge on any atom is 0.416 e. The second kappa shape index (κ2) is 13.6. The molecule has 0 aromatic heterocycles. The van der Waals surface area contributed by atoms with Crippen LogP contribution in [0.4, 0.5) is 23.7 Å². The predicted octanol–water partition coefficient (Wildman–Crippen LogP) is 5.59. The van der Waals surface area contributed by atoms with Crippen LogP contribution in [0.2, 0.25) is 5.02 Å². The number of likely N-dealkylation sites (tertiary alicyclic amines) is 1. The zero-order valence-electron chi connectivity index (χ0n) is 31.0. The lowest BCUT2D eigenvalue weighted by Crippen LogP contribution is -2.59. The van der Waals surface area contributed by atoms with Crippen molar-refractivity contribution >= 4 is 51.1 Å². The molecule has 3 saturated carbocycles. The summed E-state index contributed by atoms with van der Waals surface area (Å²) >= 11 is 6.36. The van der Waals surface area contributed by atoms with Crippen LogP contribution in [-0.2, 0) is 48.4 Å². The van der Waals surface area contributed by atoms with Crippen LogP contribution in [0.25, 0.3) is 0 Å². The van der Waals surface area contributed by atoms with E-state index < -0.39 is 79.5 Å². The first-order valence-corrected chi connectivity index (χ1v) is 20.3. The number of sulfonamides is 1. The average molecular weight is 808 g/mol. The molecule has 1 saturated heterocycles. The van der Waals surface area contributed by atoms with Crippen molar-refractivity contribution < 1.29 is 45.5 Å². The van der Waals surface area contributed by atoms with Crippen LogP contribution in [0, 0.1) is 17.3 Å². The van der Waals surface area contributed by atoms with Gasteiger partial charge in [-0.25, -0.2) is 13.2 Å². The molecule has 3 N–H and O–H groups in total. The summed E-state index contributed by atoms with van der Waals surface area (Å²) in [6, 6.07) is 7.37. The van der Waals surface area contributed by atoms with E-state index in [1.807, 2.05) is 6.07 Å². The van der Waals surface area contributed by atoms with Gasteiger partial charge in [0.25, 0.3) is 5.91 Å². The molecule has 4 amide bonds. The predicted molar refractivity (Wildman–Crippen MR) is 196 cm³/mol. The van der Waals surface area contributed by atoms with Gasteiger partial charge in [0.15, 0.2) is 0 Å². The molecule has 2 aromatic carbocycles. The molecule has 5 atom stereocenters. The molecule has 2 aromatic rings. The Morgan fingerprint density at radius 1 is 1.02 bits per heavy atom. The van der Waals surface area contributed by atoms with Gasteiger partial charge in [0.05, 0.1) is 23.4 Å². The average Bonchev–Trinajstić information content (AvgIpc) is 4.05. The van der Waals surface area contributed by atoms with Gasteiger partial charge < -0.3 is 20.3 Å². The van der Waals surface area contributed by atoms with Gasteiger partial charge in [0.1, 0.15) is 23.7 Å². The van der Waals surface area contributed by atoms with E-state index in [1.165, 1.54) is 21.9 Å². The zero-order valence-corrected chi connectivity index (χ0v) is 32.5. The first kappa shape index (κ1) is 39.2. The third-order valence-corrected chi connectivity index (χ3v) is 14.2. The van der Waals surface area contributed by atoms with Crippen LogP contribution in [0.15, 0.2) is 42.5 Å². The molecular formula is C38H45ClF3N5O7S. The molecule has 4 fully saturated rings. The fourth-order valence-electron chi connectivity index (χ4n) is 7.77. The van der Waals surface area contributed by atoms with Gasteiger partial charge in [0.2, 0.25) is 21.8 Å². The molecule has 2 heterocycles. The largest absolute Gasteiger partial charge is 0.444 e. The lowest BCUT2D eigenvalue weighted by Gasteiger charge is -2.36. The van der Waals surface area contributed by atoms with Gasteiger partial charge in [-0.15, -0.1) is 0 Å². The summed E-state index contributed by atoms with van der Waals surface area (Å²) in [6.45, 7) is 6.93. The Labute approximate surface area is 322 Å². The third kappa shape index (κ3) is 7.72. The van der Waals surface area contributed by atoms with E-state index in [0.717, 1.165) is 36.1 Å². The van der Waals surface area contributed by atoms with Crippen molar-refractivity contribution in [2.24, 2.45) is 17.3 Å². The Morgan fingerprint density at radius 3 is 2.33 bits per heavy atom. The van der Waals surface area contributed by atoms with Gasteiger partial charge >= 0.3 is 12.3 Å². The Bertz CT molecular complexity index is 2030. The molecule has 3 aliphatic carbocycles. The quantitative estimate of drug-likeness (QED) is 0.281. The molecule has 1 unspecified atom stereocenters. The number of halogens is 4. The summed E-state index contributed by atoms with van der Waals surface area (Å²) in [5, 5.41) is 6.30. The third-order valence-electron chi connectivity index (χ3n) is 11.7. The molecule has 298 valence electrons. The summed E-state index contributed by atoms with van der Waals surface area (Å²) in [7, 11) is -4.02. The van der Waals surface area contributed by atoms with E-state index in [9.17, 15) is 40.8 Å². The molecule has 0 radical (unpaired) electrons. The highest BCUT2D eigenvalue weighted by atomic mass is 35.5. The second-order valence-electron chi connectivity index (χ2n) is 17.0. The minimum atomic E-state index is -4.63. The summed E-state index contributed by atoms with van der Waals surface area (Å²) in [6.07, 6.45) is -3.76. The number of nitrogens with one attached hydrogen (secondary N) is 3. The summed E-state index contributed by atoms with van der Waals surface area (Å²) in [4.78, 5) is 59.0. The normalized spacial score (nSPS) is 26.1. The second-order valence-corrected chi connectivity index (χ2v) is 19.6. The number of alkyl halides is 3. The van der Waals surface area contributed by atoms with E-state index >= 15 is 0 Å². The number of carbonyl (C=O) groups is 4. The summed E-state index contributed by atoms with van der Waals surface area (Å²) < 4.78 is 74.1. The van der Waals surface area contributed by atoms with Crippen LogP contribution in [0.1, 0.15) is 82.9 Å². The Hall–Kier alpha value is -4.05. The van der Waals surface area contributed by atoms with Crippen molar-refractivity contribution in [3.8, 4) is 0 Å². The summed E-state index contributed by atoms with van der Waals surface area (Å²) in [5.74, 6) is -2.36. The van der Waals surface area contributed by atoms with Crippen molar-refractivity contribution in [1.82, 2.24) is 19.8 Å². The highest BCUT2D eigenvalue weighted by molar-refractivity contribution is 7.91. The highest BCUT2D eigenvalue weighted by Gasteiger charge is 2.67. The Morgan fingerprint density at radius 2 is 1.71 bits per heavy atom. The van der Waals surface area contributed by atoms with E-state index in [4.69, 9.17) is 16.3 Å². The van der Waals surface area contributed by atoms with Crippen molar-refractivity contribution in [3.63, 3.8) is 0 Å². The molecule has 12 nitrogen and oxygen atoms in total. The van der Waals surface area contributed by atoms with Gasteiger partial charge in [-0.2, -0.15) is 13.2 Å². The molecule has 17 heteroatoms. The number of fused-ring (bicyclic) bond motifs is 1. The number of nitrogens with zero attached hydrogens (tertiary/aromatic N) is 2. The van der Waals surface area contributed by atoms with Crippen molar-refractivity contribution in [2.45, 2.75) is 114 Å². The number of hydrogen-bond acceptors (Lipinski definition) is 8. The number of hydrogen-bond donors (Lipinski definition) is 3. The monoisotopic (exact) mass is 807 g/mol. The lowest BCUT2D eigenvalue weighted by molar-refractivity contribution is -0.141. The van der Waals surface area contributed by atoms with Crippen LogP contribution < -0.4 is 15.4 Å². The first-order valence-electron chi connectivity index (χ1n) is 18.5. The minimum Gasteiger partial charge on any atom is -0.444 e. The maximum absolute atomic E-state index is 14.6. The molecule has 2 aliphatic heterocycles. The molecule has 7 rings (SSSR count). The molecular weight excluding hydrogens is 763 g/mol. The van der Waals surface area contributed by atoms with Crippen LogP contribution in [-0.4, -0.2) is 77.1 Å². The van der Waals surface area contributed by atoms with Gasteiger partial charge in [0, 0.05) is 23.7 Å². The maximum atomic E-state index is 14.6. The molecule has 0 bridgehead atoms. The minimum absolute atomic E-state index is 0.0324. The number of rotatable bonds is 10. The van der Waals surface area contributed by atoms with Gasteiger partial charge in [-0.1, -0.05) is 50.6 Å². The molecule has 55 heavy (non-hydrogen) atoms. The number of anilines is 1. The van der Waals surface area contributed by atoms with Gasteiger partial charge in [-0.05, 0) is 91.7 Å². The zero-order chi connectivity index (χ0) is 39.9. The number of benzene rings is 2. The fourth-order valence-corrected chi connectivity index (χ4v) is 9.34. The van der Waals surface area contributed by atoms with E-state index in [0.29, 0.717) is 17.9 Å². The van der Waals surface area contributed by atoms with Crippen LogP contribution >= 0.6 is 11.6 Å². The van der Waals surface area contributed by atoms with Crippen molar-refractivity contribution in [3.05, 3.63) is 64.2 Å². The molecule has 5 aliphatic rings.